The summed E-state index contributed by atoms with van der Waals surface area (Å²) >= 11 is 0. The third-order valence-corrected chi connectivity index (χ3v) is 3.20. The highest BCUT2D eigenvalue weighted by molar-refractivity contribution is 5.75. The summed E-state index contributed by atoms with van der Waals surface area (Å²) in [4.78, 5) is 12.6. The first-order valence-electron chi connectivity index (χ1n) is 6.57. The Morgan fingerprint density at radius 3 is 2.79 bits per heavy atom. The number of nitrogen functional groups attached to an aromatic ring is 1. The number of aromatic nitrogens is 2. The molecule has 1 saturated heterocycles. The SMILES string of the molecule is CCN(CCO)c1ncnc(N2CCOCC2)c1N. The third-order valence-electron chi connectivity index (χ3n) is 3.20. The number of morpholine rings is 1. The maximum atomic E-state index is 9.09. The fourth-order valence-electron chi connectivity index (χ4n) is 2.19. The summed E-state index contributed by atoms with van der Waals surface area (Å²) in [6, 6.07) is 0. The first-order chi connectivity index (χ1) is 9.27. The van der Waals surface area contributed by atoms with Gasteiger partial charge in [-0.2, -0.15) is 0 Å². The molecule has 1 fully saturated rings. The van der Waals surface area contributed by atoms with Crippen molar-refractivity contribution < 1.29 is 9.84 Å². The predicted octanol–water partition coefficient (Wildman–Crippen LogP) is -0.286. The lowest BCUT2D eigenvalue weighted by molar-refractivity contribution is 0.122. The molecule has 0 aromatic carbocycles. The number of ether oxygens (including phenoxy) is 1. The molecule has 0 aliphatic carbocycles. The van der Waals surface area contributed by atoms with E-state index in [-0.39, 0.29) is 6.61 Å². The molecule has 0 radical (unpaired) electrons. The van der Waals surface area contributed by atoms with Crippen LogP contribution < -0.4 is 15.5 Å². The Bertz CT molecular complexity index is 386. The van der Waals surface area contributed by atoms with Gasteiger partial charge < -0.3 is 25.4 Å². The molecule has 7 heteroatoms. The van der Waals surface area contributed by atoms with Crippen LogP contribution in [-0.4, -0.2) is 61.1 Å². The quantitative estimate of drug-likeness (QED) is 0.758. The number of aliphatic hydroxyl groups is 1. The van der Waals surface area contributed by atoms with Crippen LogP contribution in [-0.2, 0) is 4.74 Å². The van der Waals surface area contributed by atoms with Crippen molar-refractivity contribution in [2.45, 2.75) is 6.92 Å². The molecule has 19 heavy (non-hydrogen) atoms. The van der Waals surface area contributed by atoms with Crippen LogP contribution >= 0.6 is 0 Å². The highest BCUT2D eigenvalue weighted by atomic mass is 16.5. The second-order valence-corrected chi connectivity index (χ2v) is 4.34. The zero-order valence-corrected chi connectivity index (χ0v) is 11.2. The summed E-state index contributed by atoms with van der Waals surface area (Å²) in [5.41, 5.74) is 6.76. The highest BCUT2D eigenvalue weighted by Gasteiger charge is 2.19. The lowest BCUT2D eigenvalue weighted by Crippen LogP contribution is -2.38. The van der Waals surface area contributed by atoms with E-state index in [1.807, 2.05) is 11.8 Å². The van der Waals surface area contributed by atoms with Crippen LogP contribution in [0.4, 0.5) is 17.3 Å². The first kappa shape index (κ1) is 13.8. The summed E-state index contributed by atoms with van der Waals surface area (Å²) in [5, 5.41) is 9.09. The Kier molecular flexibility index (Phi) is 4.75. The van der Waals surface area contributed by atoms with Crippen LogP contribution in [0.3, 0.4) is 0 Å². The maximum absolute atomic E-state index is 9.09. The zero-order valence-electron chi connectivity index (χ0n) is 11.2. The molecule has 3 N–H and O–H groups in total. The Balaban J connectivity index is 2.25. The van der Waals surface area contributed by atoms with Crippen molar-refractivity contribution in [3.05, 3.63) is 6.33 Å². The molecule has 1 aliphatic rings. The molecule has 0 amide bonds. The van der Waals surface area contributed by atoms with Crippen molar-refractivity contribution in [3.63, 3.8) is 0 Å². The average molecular weight is 267 g/mol. The van der Waals surface area contributed by atoms with Gasteiger partial charge in [-0.25, -0.2) is 9.97 Å². The lowest BCUT2D eigenvalue weighted by atomic mass is 10.3. The van der Waals surface area contributed by atoms with Crippen molar-refractivity contribution in [1.29, 1.82) is 0 Å². The molecule has 0 bridgehead atoms. The van der Waals surface area contributed by atoms with Gasteiger partial charge in [-0.05, 0) is 6.92 Å². The second kappa shape index (κ2) is 6.53. The van der Waals surface area contributed by atoms with E-state index in [4.69, 9.17) is 15.6 Å². The van der Waals surface area contributed by atoms with Crippen LogP contribution in [0.2, 0.25) is 0 Å². The number of rotatable bonds is 5. The zero-order chi connectivity index (χ0) is 13.7. The maximum Gasteiger partial charge on any atom is 0.157 e. The van der Waals surface area contributed by atoms with Gasteiger partial charge in [0.15, 0.2) is 11.6 Å². The summed E-state index contributed by atoms with van der Waals surface area (Å²) in [6.45, 7) is 6.28. The minimum absolute atomic E-state index is 0.0736. The first-order valence-corrected chi connectivity index (χ1v) is 6.57. The number of anilines is 3. The van der Waals surface area contributed by atoms with Crippen LogP contribution in [0, 0.1) is 0 Å². The van der Waals surface area contributed by atoms with Gasteiger partial charge in [0.05, 0.1) is 19.8 Å². The number of likely N-dealkylation sites (N-methyl/N-ethyl adjacent to an activating group) is 1. The predicted molar refractivity (Wildman–Crippen MR) is 74.4 cm³/mol. The summed E-state index contributed by atoms with van der Waals surface area (Å²) in [7, 11) is 0. The fourth-order valence-corrected chi connectivity index (χ4v) is 2.19. The van der Waals surface area contributed by atoms with Gasteiger partial charge in [0.1, 0.15) is 12.0 Å². The number of hydrogen-bond donors (Lipinski definition) is 2. The van der Waals surface area contributed by atoms with E-state index in [1.165, 1.54) is 6.33 Å². The Morgan fingerprint density at radius 2 is 2.16 bits per heavy atom. The molecular formula is C12H21N5O2. The van der Waals surface area contributed by atoms with E-state index < -0.39 is 0 Å². The van der Waals surface area contributed by atoms with Crippen molar-refractivity contribution in [1.82, 2.24) is 9.97 Å². The Labute approximate surface area is 113 Å². The monoisotopic (exact) mass is 267 g/mol. The van der Waals surface area contributed by atoms with E-state index in [2.05, 4.69) is 14.9 Å². The van der Waals surface area contributed by atoms with E-state index in [0.717, 1.165) is 25.5 Å². The van der Waals surface area contributed by atoms with Crippen molar-refractivity contribution in [3.8, 4) is 0 Å². The van der Waals surface area contributed by atoms with E-state index in [9.17, 15) is 0 Å². The molecule has 1 aromatic heterocycles. The molecule has 0 saturated carbocycles. The summed E-state index contributed by atoms with van der Waals surface area (Å²) in [6.07, 6.45) is 1.52. The van der Waals surface area contributed by atoms with Gasteiger partial charge in [0, 0.05) is 26.2 Å². The van der Waals surface area contributed by atoms with Crippen molar-refractivity contribution in [2.75, 3.05) is 61.5 Å². The van der Waals surface area contributed by atoms with Crippen LogP contribution in [0.1, 0.15) is 6.92 Å². The number of nitrogens with zero attached hydrogens (tertiary/aromatic N) is 4. The molecule has 7 nitrogen and oxygen atoms in total. The van der Waals surface area contributed by atoms with Gasteiger partial charge in [-0.3, -0.25) is 0 Å². The second-order valence-electron chi connectivity index (χ2n) is 4.34. The Hall–Kier alpha value is -1.60. The number of aliphatic hydroxyl groups excluding tert-OH is 1. The van der Waals surface area contributed by atoms with E-state index in [1.54, 1.807) is 0 Å². The van der Waals surface area contributed by atoms with E-state index in [0.29, 0.717) is 31.3 Å². The Morgan fingerprint density at radius 1 is 1.42 bits per heavy atom. The number of hydrogen-bond acceptors (Lipinski definition) is 7. The molecule has 0 unspecified atom stereocenters. The third kappa shape index (κ3) is 3.05. The van der Waals surface area contributed by atoms with Gasteiger partial charge in [-0.1, -0.05) is 0 Å². The molecule has 1 aromatic rings. The van der Waals surface area contributed by atoms with Gasteiger partial charge in [0.2, 0.25) is 0 Å². The molecule has 0 spiro atoms. The van der Waals surface area contributed by atoms with Gasteiger partial charge in [-0.15, -0.1) is 0 Å². The van der Waals surface area contributed by atoms with Crippen LogP contribution in [0.5, 0.6) is 0 Å². The van der Waals surface area contributed by atoms with E-state index >= 15 is 0 Å². The standard InChI is InChI=1S/C12H21N5O2/c1-2-16(3-6-18)11-10(13)12(15-9-14-11)17-4-7-19-8-5-17/h9,18H,2-8,13H2,1H3. The van der Waals surface area contributed by atoms with Crippen LogP contribution in [0.25, 0.3) is 0 Å². The average Bonchev–Trinajstić information content (AvgIpc) is 2.46. The normalized spacial score (nSPS) is 15.6. The largest absolute Gasteiger partial charge is 0.395 e. The fraction of sp³-hybridized carbons (Fsp3) is 0.667. The summed E-state index contributed by atoms with van der Waals surface area (Å²) in [5.74, 6) is 1.44. The molecule has 1 aliphatic heterocycles. The minimum Gasteiger partial charge on any atom is -0.395 e. The van der Waals surface area contributed by atoms with Gasteiger partial charge >= 0.3 is 0 Å². The minimum atomic E-state index is 0.0736. The highest BCUT2D eigenvalue weighted by Crippen LogP contribution is 2.29. The number of nitrogens with two attached hydrogens (primary N) is 1. The molecule has 0 atom stereocenters. The lowest BCUT2D eigenvalue weighted by Gasteiger charge is -2.30. The molecule has 2 rings (SSSR count). The van der Waals surface area contributed by atoms with Crippen molar-refractivity contribution in [2.24, 2.45) is 0 Å². The van der Waals surface area contributed by atoms with Crippen molar-refractivity contribution >= 4 is 17.3 Å². The molecule has 106 valence electrons. The smallest absolute Gasteiger partial charge is 0.157 e. The topological polar surface area (TPSA) is 87.7 Å². The molecular weight excluding hydrogens is 246 g/mol. The summed E-state index contributed by atoms with van der Waals surface area (Å²) < 4.78 is 5.33. The van der Waals surface area contributed by atoms with Gasteiger partial charge in [0.25, 0.3) is 0 Å². The van der Waals surface area contributed by atoms with Crippen LogP contribution in [0.15, 0.2) is 6.33 Å². The molecule has 2 heterocycles.